The van der Waals surface area contributed by atoms with Crippen LogP contribution in [0, 0.1) is 17.6 Å². The van der Waals surface area contributed by atoms with Gasteiger partial charge in [0.05, 0.1) is 18.8 Å². The first-order valence-corrected chi connectivity index (χ1v) is 13.7. The van der Waals surface area contributed by atoms with E-state index < -0.39 is 54.3 Å². The number of anilines is 1. The molecule has 1 aliphatic heterocycles. The molecular weight excluding hydrogens is 594 g/mol. The topological polar surface area (TPSA) is 102 Å². The second kappa shape index (κ2) is 15.0. The zero-order chi connectivity index (χ0) is 31.7. The molecule has 3 atom stereocenters. The van der Waals surface area contributed by atoms with Crippen molar-refractivity contribution in [2.75, 3.05) is 31.6 Å². The summed E-state index contributed by atoms with van der Waals surface area (Å²) in [5, 5.41) is 7.46. The molecule has 236 valence electrons. The van der Waals surface area contributed by atoms with Crippen molar-refractivity contribution in [3.63, 3.8) is 0 Å². The summed E-state index contributed by atoms with van der Waals surface area (Å²) in [6.45, 7) is -1.27. The van der Waals surface area contributed by atoms with Gasteiger partial charge in [-0.1, -0.05) is 24.3 Å². The van der Waals surface area contributed by atoms with Crippen LogP contribution in [0.3, 0.4) is 0 Å². The van der Waals surface area contributed by atoms with Gasteiger partial charge in [0, 0.05) is 36.3 Å². The fraction of sp³-hybridized carbons (Fsp3) is 0.367. The summed E-state index contributed by atoms with van der Waals surface area (Å²) in [5.41, 5.74) is 1.69. The Labute approximate surface area is 249 Å². The fourth-order valence-electron chi connectivity index (χ4n) is 4.70. The number of nitrogens with zero attached hydrogens (tertiary/aromatic N) is 1. The van der Waals surface area contributed by atoms with Crippen LogP contribution in [-0.2, 0) is 20.7 Å². The normalized spacial score (nSPS) is 17.5. The minimum Gasteiger partial charge on any atom is -0.448 e. The molecule has 44 heavy (non-hydrogen) atoms. The molecule has 1 fully saturated rings. The lowest BCUT2D eigenvalue weighted by Crippen LogP contribution is -2.49. The number of hydrogen-bond acceptors (Lipinski definition) is 6. The quantitative estimate of drug-likeness (QED) is 0.199. The van der Waals surface area contributed by atoms with E-state index in [0.29, 0.717) is 24.1 Å². The molecule has 1 saturated heterocycles. The third-order valence-electron chi connectivity index (χ3n) is 6.94. The third kappa shape index (κ3) is 9.95. The van der Waals surface area contributed by atoms with Crippen LogP contribution in [-0.4, -0.2) is 61.6 Å². The summed E-state index contributed by atoms with van der Waals surface area (Å²) in [7, 11) is 0. The van der Waals surface area contributed by atoms with Gasteiger partial charge in [0.1, 0.15) is 24.8 Å². The predicted octanol–water partition coefficient (Wildman–Crippen LogP) is 5.24. The predicted molar refractivity (Wildman–Crippen MR) is 147 cm³/mol. The number of carbonyl (C=O) groups is 2. The molecule has 0 aliphatic carbocycles. The number of amides is 2. The number of rotatable bonds is 11. The maximum absolute atomic E-state index is 14.9. The lowest BCUT2D eigenvalue weighted by molar-refractivity contribution is -0.124. The molecule has 8 nitrogen and oxygen atoms in total. The molecule has 3 aromatic rings. The van der Waals surface area contributed by atoms with Crippen molar-refractivity contribution in [1.29, 1.82) is 0 Å². The number of morpholine rings is 1. The zero-order valence-electron chi connectivity index (χ0n) is 23.3. The fourth-order valence-corrected chi connectivity index (χ4v) is 4.70. The molecule has 1 aromatic heterocycles. The van der Waals surface area contributed by atoms with Gasteiger partial charge in [-0.2, -0.15) is 17.6 Å². The summed E-state index contributed by atoms with van der Waals surface area (Å²) < 4.78 is 89.0. The van der Waals surface area contributed by atoms with Gasteiger partial charge in [0.25, 0.3) is 0 Å². The number of hydrogen-bond donors (Lipinski definition) is 3. The van der Waals surface area contributed by atoms with Crippen LogP contribution in [0.25, 0.3) is 0 Å². The maximum atomic E-state index is 14.9. The number of pyridine rings is 1. The highest BCUT2D eigenvalue weighted by Crippen LogP contribution is 2.30. The minimum absolute atomic E-state index is 0.109. The highest BCUT2D eigenvalue weighted by molar-refractivity contribution is 5.92. The van der Waals surface area contributed by atoms with Crippen molar-refractivity contribution in [2.24, 2.45) is 0 Å². The molecular formula is C30H30F6N4O4. The monoisotopic (exact) mass is 624 g/mol. The first-order chi connectivity index (χ1) is 21.0. The SMILES string of the molecule is O=C(C[C@H](c1ccc(F)cc1)c1ccc(F)nc1)Nc1cccc(F)c1CC[C@@H]1CN[C@H](COC(=O)NCC(F)(F)F)CO1. The molecule has 2 aromatic carbocycles. The van der Waals surface area contributed by atoms with Crippen molar-refractivity contribution in [1.82, 2.24) is 15.6 Å². The zero-order valence-corrected chi connectivity index (χ0v) is 23.3. The molecule has 0 radical (unpaired) electrons. The first-order valence-electron chi connectivity index (χ1n) is 13.7. The Morgan fingerprint density at radius 1 is 1.05 bits per heavy atom. The molecule has 3 N–H and O–H groups in total. The van der Waals surface area contributed by atoms with Gasteiger partial charge in [0.2, 0.25) is 11.9 Å². The molecule has 2 amide bonds. The number of aromatic nitrogens is 1. The standard InChI is InChI=1S/C30H30F6N4O4/c31-20-7-4-18(5-8-20)24(19-6-11-27(33)38-13-19)12-28(41)40-26-3-1-2-25(32)23(26)10-9-22-14-37-21(15-43-22)16-44-29(42)39-17-30(34,35)36/h1-8,11,13,21-22,24,37H,9-10,12,14-17H2,(H,39,42)(H,40,41)/t21-,22+,24+/m0/s1. The van der Waals surface area contributed by atoms with Crippen LogP contribution in [0.5, 0.6) is 0 Å². The molecule has 1 aliphatic rings. The van der Waals surface area contributed by atoms with Gasteiger partial charge in [-0.3, -0.25) is 4.79 Å². The second-order valence-electron chi connectivity index (χ2n) is 10.2. The lowest BCUT2D eigenvalue weighted by Gasteiger charge is -2.30. The van der Waals surface area contributed by atoms with E-state index in [1.165, 1.54) is 54.7 Å². The first kappa shape index (κ1) is 32.7. The maximum Gasteiger partial charge on any atom is 0.407 e. The largest absolute Gasteiger partial charge is 0.448 e. The van der Waals surface area contributed by atoms with E-state index in [2.05, 4.69) is 15.6 Å². The van der Waals surface area contributed by atoms with Gasteiger partial charge < -0.3 is 25.4 Å². The van der Waals surface area contributed by atoms with Crippen LogP contribution in [0.4, 0.5) is 36.8 Å². The highest BCUT2D eigenvalue weighted by Gasteiger charge is 2.29. The van der Waals surface area contributed by atoms with Gasteiger partial charge in [-0.15, -0.1) is 0 Å². The van der Waals surface area contributed by atoms with Gasteiger partial charge in [-0.25, -0.2) is 18.6 Å². The van der Waals surface area contributed by atoms with E-state index in [9.17, 15) is 35.9 Å². The van der Waals surface area contributed by atoms with Crippen molar-refractivity contribution in [2.45, 2.75) is 43.5 Å². The lowest BCUT2D eigenvalue weighted by atomic mass is 9.89. The smallest absolute Gasteiger partial charge is 0.407 e. The van der Waals surface area contributed by atoms with Gasteiger partial charge in [-0.05, 0) is 54.3 Å². The Hall–Kier alpha value is -4.17. The van der Waals surface area contributed by atoms with Crippen molar-refractivity contribution >= 4 is 17.7 Å². The van der Waals surface area contributed by atoms with Crippen LogP contribution >= 0.6 is 0 Å². The Morgan fingerprint density at radius 3 is 2.45 bits per heavy atom. The average molecular weight is 625 g/mol. The number of alkyl carbamates (subject to hydrolysis) is 1. The molecule has 0 bridgehead atoms. The van der Waals surface area contributed by atoms with Crippen molar-refractivity contribution in [3.8, 4) is 0 Å². The second-order valence-corrected chi connectivity index (χ2v) is 10.2. The van der Waals surface area contributed by atoms with Crippen LogP contribution in [0.2, 0.25) is 0 Å². The Bertz CT molecular complexity index is 1350. The van der Waals surface area contributed by atoms with E-state index in [4.69, 9.17) is 9.47 Å². The average Bonchev–Trinajstić information content (AvgIpc) is 2.99. The Morgan fingerprint density at radius 2 is 1.80 bits per heavy atom. The van der Waals surface area contributed by atoms with Gasteiger partial charge >= 0.3 is 12.3 Å². The summed E-state index contributed by atoms with van der Waals surface area (Å²) in [5.74, 6) is -2.69. The summed E-state index contributed by atoms with van der Waals surface area (Å²) in [6.07, 6.45) is -4.31. The van der Waals surface area contributed by atoms with E-state index >= 15 is 0 Å². The van der Waals surface area contributed by atoms with Crippen LogP contribution in [0.1, 0.15) is 35.4 Å². The third-order valence-corrected chi connectivity index (χ3v) is 6.94. The minimum atomic E-state index is -4.55. The molecule has 0 saturated carbocycles. The van der Waals surface area contributed by atoms with Crippen LogP contribution < -0.4 is 16.0 Å². The van der Waals surface area contributed by atoms with Crippen LogP contribution in [0.15, 0.2) is 60.8 Å². The summed E-state index contributed by atoms with van der Waals surface area (Å²) >= 11 is 0. The molecule has 2 heterocycles. The Kier molecular flexibility index (Phi) is 11.2. The molecule has 0 spiro atoms. The van der Waals surface area contributed by atoms with E-state index in [1.54, 1.807) is 11.4 Å². The number of nitrogens with one attached hydrogen (secondary N) is 3. The summed E-state index contributed by atoms with van der Waals surface area (Å²) in [4.78, 5) is 28.3. The molecule has 4 rings (SSSR count). The van der Waals surface area contributed by atoms with Gasteiger partial charge in [0.15, 0.2) is 0 Å². The van der Waals surface area contributed by atoms with E-state index in [1.807, 2.05) is 0 Å². The number of benzene rings is 2. The summed E-state index contributed by atoms with van der Waals surface area (Å²) in [6, 6.07) is 12.1. The van der Waals surface area contributed by atoms with Crippen molar-refractivity contribution in [3.05, 3.63) is 95.1 Å². The number of carbonyl (C=O) groups excluding carboxylic acids is 2. The van der Waals surface area contributed by atoms with Crippen molar-refractivity contribution < 1.29 is 45.4 Å². The van der Waals surface area contributed by atoms with E-state index in [-0.39, 0.29) is 43.4 Å². The highest BCUT2D eigenvalue weighted by atomic mass is 19.4. The number of alkyl halides is 3. The molecule has 14 heteroatoms. The van der Waals surface area contributed by atoms with E-state index in [0.717, 1.165) is 0 Å². The molecule has 0 unspecified atom stereocenters. The number of ether oxygens (including phenoxy) is 2. The Balaban J connectivity index is 1.32. The number of halogens is 6.